The molecule has 136 valence electrons. The number of hydrogen-bond donors (Lipinski definition) is 1. The first kappa shape index (κ1) is 20.0. The molecule has 0 saturated heterocycles. The zero-order valence-electron chi connectivity index (χ0n) is 14.6. The van der Waals surface area contributed by atoms with Gasteiger partial charge in [-0.2, -0.15) is 0 Å². The highest BCUT2D eigenvalue weighted by atomic mass is 35.5. The second kappa shape index (κ2) is 9.41. The molecule has 0 atom stereocenters. The Kier molecular flexibility index (Phi) is 7.25. The largest absolute Gasteiger partial charge is 0.339 e. The summed E-state index contributed by atoms with van der Waals surface area (Å²) in [4.78, 5) is 26.2. The standard InChI is InChI=1S/C20H20Cl2N2O2/c1-3-24(4-2)20(26)15-6-5-7-16(13-15)23-19(25)11-9-14-8-10-17(21)18(22)12-14/h5-13H,3-4H2,1-2H3,(H,23,25)/b11-9+. The Morgan fingerprint density at radius 2 is 1.77 bits per heavy atom. The summed E-state index contributed by atoms with van der Waals surface area (Å²) in [5, 5.41) is 3.64. The number of nitrogens with zero attached hydrogens (tertiary/aromatic N) is 1. The predicted octanol–water partition coefficient (Wildman–Crippen LogP) is 5.13. The molecule has 0 aliphatic heterocycles. The van der Waals surface area contributed by atoms with E-state index in [1.54, 1.807) is 53.4 Å². The van der Waals surface area contributed by atoms with Crippen molar-refractivity contribution in [2.75, 3.05) is 18.4 Å². The van der Waals surface area contributed by atoms with E-state index in [1.807, 2.05) is 13.8 Å². The number of hydrogen-bond acceptors (Lipinski definition) is 2. The van der Waals surface area contributed by atoms with Crippen LogP contribution in [0.5, 0.6) is 0 Å². The summed E-state index contributed by atoms with van der Waals surface area (Å²) >= 11 is 11.8. The first-order valence-corrected chi connectivity index (χ1v) is 9.03. The number of amides is 2. The van der Waals surface area contributed by atoms with Crippen molar-refractivity contribution in [2.45, 2.75) is 13.8 Å². The van der Waals surface area contributed by atoms with Gasteiger partial charge in [0.25, 0.3) is 5.91 Å². The minimum atomic E-state index is -0.302. The van der Waals surface area contributed by atoms with Gasteiger partial charge in [0.15, 0.2) is 0 Å². The summed E-state index contributed by atoms with van der Waals surface area (Å²) in [6.07, 6.45) is 3.04. The molecule has 0 heterocycles. The number of rotatable bonds is 6. The van der Waals surface area contributed by atoms with E-state index >= 15 is 0 Å². The normalized spacial score (nSPS) is 10.8. The van der Waals surface area contributed by atoms with Gasteiger partial charge in [-0.15, -0.1) is 0 Å². The second-order valence-corrected chi connectivity index (χ2v) is 6.37. The third-order valence-corrected chi connectivity index (χ3v) is 4.54. The van der Waals surface area contributed by atoms with Crippen molar-refractivity contribution in [1.29, 1.82) is 0 Å². The Morgan fingerprint density at radius 1 is 1.04 bits per heavy atom. The molecule has 26 heavy (non-hydrogen) atoms. The van der Waals surface area contributed by atoms with Gasteiger partial charge in [0.1, 0.15) is 0 Å². The van der Waals surface area contributed by atoms with E-state index in [-0.39, 0.29) is 11.8 Å². The Balaban J connectivity index is 2.07. The third kappa shape index (κ3) is 5.35. The molecule has 2 aromatic rings. The summed E-state index contributed by atoms with van der Waals surface area (Å²) in [6.45, 7) is 5.14. The second-order valence-electron chi connectivity index (χ2n) is 5.55. The van der Waals surface area contributed by atoms with Gasteiger partial charge in [0.2, 0.25) is 5.91 Å². The Hall–Kier alpha value is -2.30. The Labute approximate surface area is 163 Å². The fourth-order valence-corrected chi connectivity index (χ4v) is 2.70. The van der Waals surface area contributed by atoms with Gasteiger partial charge >= 0.3 is 0 Å². The lowest BCUT2D eigenvalue weighted by Gasteiger charge is -2.18. The molecular formula is C20H20Cl2N2O2. The fraction of sp³-hybridized carbons (Fsp3) is 0.200. The quantitative estimate of drug-likeness (QED) is 0.695. The molecule has 2 rings (SSSR count). The van der Waals surface area contributed by atoms with Gasteiger partial charge in [0.05, 0.1) is 10.0 Å². The van der Waals surface area contributed by atoms with Gasteiger partial charge in [-0.25, -0.2) is 0 Å². The van der Waals surface area contributed by atoms with Crippen LogP contribution in [0.3, 0.4) is 0 Å². The van der Waals surface area contributed by atoms with Crippen LogP contribution in [0.2, 0.25) is 10.0 Å². The smallest absolute Gasteiger partial charge is 0.253 e. The highest BCUT2D eigenvalue weighted by Gasteiger charge is 2.12. The van der Waals surface area contributed by atoms with Gasteiger partial charge in [-0.1, -0.05) is 35.3 Å². The Bertz CT molecular complexity index is 830. The van der Waals surface area contributed by atoms with Gasteiger partial charge in [-0.05, 0) is 55.8 Å². The molecule has 2 amide bonds. The van der Waals surface area contributed by atoms with Crippen molar-refractivity contribution in [3.8, 4) is 0 Å². The summed E-state index contributed by atoms with van der Waals surface area (Å²) in [5.74, 6) is -0.360. The van der Waals surface area contributed by atoms with Crippen LogP contribution in [0.4, 0.5) is 5.69 Å². The molecular weight excluding hydrogens is 371 g/mol. The summed E-state index contributed by atoms with van der Waals surface area (Å²) in [7, 11) is 0. The summed E-state index contributed by atoms with van der Waals surface area (Å²) < 4.78 is 0. The van der Waals surface area contributed by atoms with E-state index in [4.69, 9.17) is 23.2 Å². The SMILES string of the molecule is CCN(CC)C(=O)c1cccc(NC(=O)/C=C/c2ccc(Cl)c(Cl)c2)c1. The number of carbonyl (C=O) groups is 2. The molecule has 0 bridgehead atoms. The molecule has 0 aromatic heterocycles. The van der Waals surface area contributed by atoms with E-state index in [0.29, 0.717) is 34.4 Å². The fourth-order valence-electron chi connectivity index (χ4n) is 2.40. The number of anilines is 1. The zero-order chi connectivity index (χ0) is 19.1. The molecule has 0 unspecified atom stereocenters. The van der Waals surface area contributed by atoms with Crippen LogP contribution in [-0.4, -0.2) is 29.8 Å². The van der Waals surface area contributed by atoms with Gasteiger partial charge < -0.3 is 10.2 Å². The van der Waals surface area contributed by atoms with Crippen LogP contribution in [-0.2, 0) is 4.79 Å². The summed E-state index contributed by atoms with van der Waals surface area (Å²) in [5.41, 5.74) is 1.87. The van der Waals surface area contributed by atoms with E-state index in [1.165, 1.54) is 6.08 Å². The van der Waals surface area contributed by atoms with Crippen LogP contribution in [0.1, 0.15) is 29.8 Å². The predicted molar refractivity (Wildman–Crippen MR) is 108 cm³/mol. The third-order valence-electron chi connectivity index (χ3n) is 3.80. The maximum Gasteiger partial charge on any atom is 0.253 e. The number of halogens is 2. The maximum absolute atomic E-state index is 12.4. The minimum absolute atomic E-state index is 0.0579. The first-order chi connectivity index (χ1) is 12.4. The lowest BCUT2D eigenvalue weighted by atomic mass is 10.1. The highest BCUT2D eigenvalue weighted by molar-refractivity contribution is 6.42. The maximum atomic E-state index is 12.4. The molecule has 0 aliphatic rings. The molecule has 0 saturated carbocycles. The highest BCUT2D eigenvalue weighted by Crippen LogP contribution is 2.23. The van der Waals surface area contributed by atoms with Crippen LogP contribution < -0.4 is 5.32 Å². The lowest BCUT2D eigenvalue weighted by Crippen LogP contribution is -2.30. The Morgan fingerprint density at radius 3 is 2.42 bits per heavy atom. The van der Waals surface area contributed by atoms with Crippen LogP contribution in [0.25, 0.3) is 6.08 Å². The average Bonchev–Trinajstić information content (AvgIpc) is 2.64. The van der Waals surface area contributed by atoms with Crippen LogP contribution in [0.15, 0.2) is 48.5 Å². The zero-order valence-corrected chi connectivity index (χ0v) is 16.1. The minimum Gasteiger partial charge on any atom is -0.339 e. The van der Waals surface area contributed by atoms with Crippen molar-refractivity contribution >= 4 is 46.8 Å². The molecule has 2 aromatic carbocycles. The molecule has 0 spiro atoms. The van der Waals surface area contributed by atoms with Crippen LogP contribution >= 0.6 is 23.2 Å². The lowest BCUT2D eigenvalue weighted by molar-refractivity contribution is -0.111. The van der Waals surface area contributed by atoms with E-state index in [2.05, 4.69) is 5.32 Å². The van der Waals surface area contributed by atoms with Gasteiger partial charge in [-0.3, -0.25) is 9.59 Å². The summed E-state index contributed by atoms with van der Waals surface area (Å²) in [6, 6.07) is 12.0. The van der Waals surface area contributed by atoms with Crippen molar-refractivity contribution in [1.82, 2.24) is 4.90 Å². The topological polar surface area (TPSA) is 49.4 Å². The number of carbonyl (C=O) groups excluding carboxylic acids is 2. The molecule has 0 radical (unpaired) electrons. The number of benzene rings is 2. The van der Waals surface area contributed by atoms with Gasteiger partial charge in [0, 0.05) is 30.4 Å². The van der Waals surface area contributed by atoms with E-state index in [9.17, 15) is 9.59 Å². The van der Waals surface area contributed by atoms with Crippen molar-refractivity contribution in [2.24, 2.45) is 0 Å². The average molecular weight is 391 g/mol. The molecule has 4 nitrogen and oxygen atoms in total. The number of nitrogens with one attached hydrogen (secondary N) is 1. The molecule has 6 heteroatoms. The van der Waals surface area contributed by atoms with E-state index in [0.717, 1.165) is 5.56 Å². The molecule has 0 fully saturated rings. The monoisotopic (exact) mass is 390 g/mol. The van der Waals surface area contributed by atoms with Crippen molar-refractivity contribution in [3.63, 3.8) is 0 Å². The first-order valence-electron chi connectivity index (χ1n) is 8.28. The van der Waals surface area contributed by atoms with E-state index < -0.39 is 0 Å². The molecule has 0 aliphatic carbocycles. The molecule has 1 N–H and O–H groups in total. The van der Waals surface area contributed by atoms with Crippen LogP contribution in [0, 0.1) is 0 Å². The van der Waals surface area contributed by atoms with Crippen molar-refractivity contribution < 1.29 is 9.59 Å². The van der Waals surface area contributed by atoms with Crippen molar-refractivity contribution in [3.05, 3.63) is 69.7 Å².